The summed E-state index contributed by atoms with van der Waals surface area (Å²) < 4.78 is 4.73. The molecule has 1 amide bonds. The molecule has 0 unspecified atom stereocenters. The van der Waals surface area contributed by atoms with Crippen LogP contribution in [0.15, 0.2) is 29.6 Å². The van der Waals surface area contributed by atoms with Gasteiger partial charge in [-0.1, -0.05) is 17.8 Å². The molecule has 0 radical (unpaired) electrons. The summed E-state index contributed by atoms with van der Waals surface area (Å²) in [6.07, 6.45) is 5.67. The fourth-order valence-electron chi connectivity index (χ4n) is 3.91. The number of imidazole rings is 1. The van der Waals surface area contributed by atoms with Crippen LogP contribution in [0, 0.1) is 4.77 Å². The summed E-state index contributed by atoms with van der Waals surface area (Å²) in [5.74, 6) is 1.31. The molecule has 0 saturated carbocycles. The number of amides is 1. The van der Waals surface area contributed by atoms with Gasteiger partial charge in [-0.05, 0) is 57.3 Å². The highest BCUT2D eigenvalue weighted by atomic mass is 32.2. The zero-order valence-electron chi connectivity index (χ0n) is 16.3. The molecule has 1 saturated heterocycles. The average molecular weight is 417 g/mol. The van der Waals surface area contributed by atoms with Crippen molar-refractivity contribution in [2.45, 2.75) is 43.8 Å². The first-order chi connectivity index (χ1) is 13.5. The second-order valence-corrected chi connectivity index (χ2v) is 8.48. The SMILES string of the molecule is CSc1nc(C(=O)N2CCC(c3n[nH]c(=S)n3C(C)C)CC2)c2ccccn12. The maximum absolute atomic E-state index is 13.2. The minimum atomic E-state index is 0.00479. The lowest BCUT2D eigenvalue weighted by molar-refractivity contribution is 0.0706. The molecule has 7 nitrogen and oxygen atoms in total. The van der Waals surface area contributed by atoms with E-state index in [9.17, 15) is 4.79 Å². The van der Waals surface area contributed by atoms with E-state index in [0.717, 1.165) is 29.3 Å². The van der Waals surface area contributed by atoms with Gasteiger partial charge in [0.2, 0.25) is 0 Å². The number of nitrogens with zero attached hydrogens (tertiary/aromatic N) is 5. The predicted molar refractivity (Wildman–Crippen MR) is 113 cm³/mol. The van der Waals surface area contributed by atoms with Crippen LogP contribution in [0.2, 0.25) is 0 Å². The number of likely N-dealkylation sites (tertiary alicyclic amines) is 1. The highest BCUT2D eigenvalue weighted by molar-refractivity contribution is 7.98. The Morgan fingerprint density at radius 2 is 2.07 bits per heavy atom. The highest BCUT2D eigenvalue weighted by Crippen LogP contribution is 2.30. The Labute approximate surface area is 173 Å². The standard InChI is InChI=1S/C19H24N6OS2/c1-12(2)25-16(21-22-18(25)27)13-7-10-23(11-8-13)17(26)15-14-6-4-5-9-24(14)19(20-15)28-3/h4-6,9,12-13H,7-8,10-11H2,1-3H3,(H,22,27). The van der Waals surface area contributed by atoms with Gasteiger partial charge in [0.1, 0.15) is 5.82 Å². The zero-order valence-corrected chi connectivity index (χ0v) is 17.9. The molecule has 1 fully saturated rings. The number of hydrogen-bond acceptors (Lipinski definition) is 5. The minimum Gasteiger partial charge on any atom is -0.337 e. The number of piperidine rings is 1. The lowest BCUT2D eigenvalue weighted by atomic mass is 9.95. The van der Waals surface area contributed by atoms with Gasteiger partial charge >= 0.3 is 0 Å². The minimum absolute atomic E-state index is 0.00479. The van der Waals surface area contributed by atoms with Crippen LogP contribution in [0.1, 0.15) is 55.0 Å². The monoisotopic (exact) mass is 416 g/mol. The third kappa shape index (κ3) is 3.26. The van der Waals surface area contributed by atoms with Crippen LogP contribution in [-0.4, -0.2) is 54.3 Å². The number of fused-ring (bicyclic) bond motifs is 1. The second-order valence-electron chi connectivity index (χ2n) is 7.32. The van der Waals surface area contributed by atoms with Crippen molar-refractivity contribution in [3.8, 4) is 0 Å². The Bertz CT molecular complexity index is 1060. The van der Waals surface area contributed by atoms with Gasteiger partial charge in [0, 0.05) is 31.2 Å². The molecule has 0 aliphatic carbocycles. The molecule has 3 aromatic rings. The first kappa shape index (κ1) is 19.2. The summed E-state index contributed by atoms with van der Waals surface area (Å²) in [5.41, 5.74) is 1.40. The third-order valence-corrected chi connectivity index (χ3v) is 6.24. The summed E-state index contributed by atoms with van der Waals surface area (Å²) in [6.45, 7) is 5.62. The van der Waals surface area contributed by atoms with E-state index >= 15 is 0 Å². The lowest BCUT2D eigenvalue weighted by Crippen LogP contribution is -2.38. The topological polar surface area (TPSA) is 71.2 Å². The maximum Gasteiger partial charge on any atom is 0.274 e. The molecule has 1 aliphatic rings. The predicted octanol–water partition coefficient (Wildman–Crippen LogP) is 3.91. The number of aromatic nitrogens is 5. The van der Waals surface area contributed by atoms with Gasteiger partial charge in [-0.15, -0.1) is 0 Å². The first-order valence-corrected chi connectivity index (χ1v) is 11.1. The van der Waals surface area contributed by atoms with Crippen LogP contribution in [0.5, 0.6) is 0 Å². The Kier molecular flexibility index (Phi) is 5.29. The van der Waals surface area contributed by atoms with Crippen molar-refractivity contribution in [1.82, 2.24) is 29.0 Å². The average Bonchev–Trinajstić information content (AvgIpc) is 3.28. The number of pyridine rings is 1. The van der Waals surface area contributed by atoms with Crippen LogP contribution in [0.3, 0.4) is 0 Å². The molecule has 0 spiro atoms. The van der Waals surface area contributed by atoms with Crippen molar-refractivity contribution in [3.63, 3.8) is 0 Å². The van der Waals surface area contributed by atoms with Gasteiger partial charge in [0.05, 0.1) is 5.52 Å². The van der Waals surface area contributed by atoms with E-state index in [1.54, 1.807) is 11.8 Å². The normalized spacial score (nSPS) is 15.6. The molecule has 0 bridgehead atoms. The number of thioether (sulfide) groups is 1. The molecule has 1 aliphatic heterocycles. The van der Waals surface area contributed by atoms with E-state index in [2.05, 4.69) is 33.6 Å². The number of H-pyrrole nitrogens is 1. The van der Waals surface area contributed by atoms with E-state index in [0.29, 0.717) is 29.5 Å². The Hall–Kier alpha value is -2.13. The van der Waals surface area contributed by atoms with Gasteiger partial charge in [-0.2, -0.15) is 5.10 Å². The number of rotatable bonds is 4. The van der Waals surface area contributed by atoms with Crippen molar-refractivity contribution >= 4 is 35.4 Å². The smallest absolute Gasteiger partial charge is 0.274 e. The van der Waals surface area contributed by atoms with Gasteiger partial charge in [-0.3, -0.25) is 14.3 Å². The molecule has 4 heterocycles. The van der Waals surface area contributed by atoms with Crippen molar-refractivity contribution in [2.24, 2.45) is 0 Å². The maximum atomic E-state index is 13.2. The number of carbonyl (C=O) groups excluding carboxylic acids is 1. The molecular formula is C19H24N6OS2. The van der Waals surface area contributed by atoms with E-state index in [-0.39, 0.29) is 11.9 Å². The fraction of sp³-hybridized carbons (Fsp3) is 0.474. The van der Waals surface area contributed by atoms with Gasteiger partial charge in [0.25, 0.3) is 5.91 Å². The number of hydrogen-bond donors (Lipinski definition) is 1. The second kappa shape index (κ2) is 7.71. The largest absolute Gasteiger partial charge is 0.337 e. The van der Waals surface area contributed by atoms with E-state index in [4.69, 9.17) is 12.2 Å². The molecule has 1 N–H and O–H groups in total. The molecule has 28 heavy (non-hydrogen) atoms. The van der Waals surface area contributed by atoms with Crippen molar-refractivity contribution < 1.29 is 4.79 Å². The van der Waals surface area contributed by atoms with Gasteiger partial charge < -0.3 is 9.47 Å². The molecule has 0 aromatic carbocycles. The van der Waals surface area contributed by atoms with E-state index < -0.39 is 0 Å². The van der Waals surface area contributed by atoms with Crippen LogP contribution in [-0.2, 0) is 0 Å². The van der Waals surface area contributed by atoms with E-state index in [1.165, 1.54) is 0 Å². The number of nitrogens with one attached hydrogen (secondary N) is 1. The quantitative estimate of drug-likeness (QED) is 0.516. The summed E-state index contributed by atoms with van der Waals surface area (Å²) in [7, 11) is 0. The molecular weight excluding hydrogens is 392 g/mol. The Balaban J connectivity index is 1.53. The molecule has 4 rings (SSSR count). The number of aromatic amines is 1. The summed E-state index contributed by atoms with van der Waals surface area (Å²) in [4.78, 5) is 19.7. The van der Waals surface area contributed by atoms with Crippen LogP contribution < -0.4 is 0 Å². The summed E-state index contributed by atoms with van der Waals surface area (Å²) >= 11 is 6.92. The van der Waals surface area contributed by atoms with Crippen molar-refractivity contribution in [3.05, 3.63) is 40.7 Å². The third-order valence-electron chi connectivity index (χ3n) is 5.30. The van der Waals surface area contributed by atoms with Crippen molar-refractivity contribution in [2.75, 3.05) is 19.3 Å². The molecule has 0 atom stereocenters. The molecule has 9 heteroatoms. The van der Waals surface area contributed by atoms with Crippen LogP contribution in [0.4, 0.5) is 0 Å². The lowest BCUT2D eigenvalue weighted by Gasteiger charge is -2.31. The Morgan fingerprint density at radius 1 is 1.32 bits per heavy atom. The zero-order chi connectivity index (χ0) is 19.8. The first-order valence-electron chi connectivity index (χ1n) is 9.48. The van der Waals surface area contributed by atoms with E-state index in [1.807, 2.05) is 40.0 Å². The van der Waals surface area contributed by atoms with Crippen LogP contribution >= 0.6 is 24.0 Å². The van der Waals surface area contributed by atoms with Crippen molar-refractivity contribution in [1.29, 1.82) is 0 Å². The van der Waals surface area contributed by atoms with Gasteiger partial charge in [-0.25, -0.2) is 4.98 Å². The Morgan fingerprint density at radius 3 is 2.75 bits per heavy atom. The molecule has 148 valence electrons. The highest BCUT2D eigenvalue weighted by Gasteiger charge is 2.30. The molecule has 3 aromatic heterocycles. The summed E-state index contributed by atoms with van der Waals surface area (Å²) in [5, 5.41) is 8.23. The fourth-order valence-corrected chi connectivity index (χ4v) is 4.79. The summed E-state index contributed by atoms with van der Waals surface area (Å²) in [6, 6.07) is 6.11. The number of carbonyl (C=O) groups is 1. The van der Waals surface area contributed by atoms with Gasteiger partial charge in [0.15, 0.2) is 15.6 Å². The van der Waals surface area contributed by atoms with Crippen LogP contribution in [0.25, 0.3) is 5.52 Å².